The Labute approximate surface area is 212 Å². The minimum atomic E-state index is -4.53. The summed E-state index contributed by atoms with van der Waals surface area (Å²) in [7, 11) is 0. The summed E-state index contributed by atoms with van der Waals surface area (Å²) in [6.07, 6.45) is -3.25. The third kappa shape index (κ3) is 4.81. The molecule has 0 unspecified atom stereocenters. The van der Waals surface area contributed by atoms with Gasteiger partial charge in [-0.3, -0.25) is 9.59 Å². The van der Waals surface area contributed by atoms with Crippen LogP contribution in [0.15, 0.2) is 60.7 Å². The number of carbonyl (C=O) groups excluding carboxylic acids is 1. The zero-order valence-electron chi connectivity index (χ0n) is 19.2. The van der Waals surface area contributed by atoms with Crippen molar-refractivity contribution in [2.75, 3.05) is 5.32 Å². The first-order valence-electron chi connectivity index (χ1n) is 11.5. The van der Waals surface area contributed by atoms with E-state index < -0.39 is 41.1 Å². The second-order valence-electron chi connectivity index (χ2n) is 8.89. The van der Waals surface area contributed by atoms with Crippen LogP contribution in [0.3, 0.4) is 0 Å². The van der Waals surface area contributed by atoms with Crippen LogP contribution in [-0.2, 0) is 11.0 Å². The SMILES string of the molecule is O=C(O)[C@@H]1CCC[C@H]1C(=O)c1ccc(-c2ccccc2)c(Nc2nc3cc(C(F)(F)F)ccc3s2)c1F. The molecule has 3 aromatic carbocycles. The quantitative estimate of drug-likeness (QED) is 0.200. The average molecular weight is 529 g/mol. The number of carboxylic acids is 1. The molecule has 0 saturated heterocycles. The number of thiazole rings is 1. The molecule has 2 atom stereocenters. The van der Waals surface area contributed by atoms with E-state index >= 15 is 4.39 Å². The lowest BCUT2D eigenvalue weighted by Gasteiger charge is -2.18. The highest BCUT2D eigenvalue weighted by Crippen LogP contribution is 2.40. The summed E-state index contributed by atoms with van der Waals surface area (Å²) in [5.41, 5.74) is 0.0354. The molecule has 4 aromatic rings. The summed E-state index contributed by atoms with van der Waals surface area (Å²) in [4.78, 5) is 29.1. The van der Waals surface area contributed by atoms with Crippen LogP contribution in [0.25, 0.3) is 21.3 Å². The molecule has 2 N–H and O–H groups in total. The number of anilines is 2. The molecule has 1 aliphatic carbocycles. The highest BCUT2D eigenvalue weighted by molar-refractivity contribution is 7.22. The van der Waals surface area contributed by atoms with Crippen LogP contribution < -0.4 is 5.32 Å². The van der Waals surface area contributed by atoms with E-state index in [0.717, 1.165) is 23.5 Å². The number of nitrogens with one attached hydrogen (secondary N) is 1. The van der Waals surface area contributed by atoms with Gasteiger partial charge in [-0.2, -0.15) is 13.2 Å². The molecule has 1 fully saturated rings. The zero-order chi connectivity index (χ0) is 26.3. The highest BCUT2D eigenvalue weighted by atomic mass is 32.1. The van der Waals surface area contributed by atoms with Gasteiger partial charge in [-0.1, -0.05) is 54.2 Å². The first kappa shape index (κ1) is 24.9. The number of fused-ring (bicyclic) bond motifs is 1. The summed E-state index contributed by atoms with van der Waals surface area (Å²) in [6, 6.07) is 15.0. The fraction of sp³-hybridized carbons (Fsp3) is 0.222. The second kappa shape index (κ2) is 9.59. The van der Waals surface area contributed by atoms with Gasteiger partial charge >= 0.3 is 12.1 Å². The molecule has 5 rings (SSSR count). The van der Waals surface area contributed by atoms with Crippen molar-refractivity contribution in [3.05, 3.63) is 77.6 Å². The van der Waals surface area contributed by atoms with Gasteiger partial charge in [-0.15, -0.1) is 0 Å². The van der Waals surface area contributed by atoms with Crippen LogP contribution in [0.2, 0.25) is 0 Å². The van der Waals surface area contributed by atoms with Gasteiger partial charge in [0, 0.05) is 11.5 Å². The molecule has 0 bridgehead atoms. The van der Waals surface area contributed by atoms with Gasteiger partial charge in [-0.25, -0.2) is 9.37 Å². The summed E-state index contributed by atoms with van der Waals surface area (Å²) in [6.45, 7) is 0. The Bertz CT molecular complexity index is 1500. The number of Topliss-reactive ketones (excluding diaryl/α,β-unsaturated/α-hetero) is 1. The molecule has 1 aromatic heterocycles. The fourth-order valence-corrected chi connectivity index (χ4v) is 5.63. The summed E-state index contributed by atoms with van der Waals surface area (Å²) in [5, 5.41) is 12.5. The number of carbonyl (C=O) groups is 2. The van der Waals surface area contributed by atoms with Crippen molar-refractivity contribution < 1.29 is 32.3 Å². The van der Waals surface area contributed by atoms with Crippen molar-refractivity contribution in [2.24, 2.45) is 11.8 Å². The Morgan fingerprint density at radius 3 is 2.43 bits per heavy atom. The van der Waals surface area contributed by atoms with Crippen molar-refractivity contribution in [1.82, 2.24) is 4.98 Å². The summed E-state index contributed by atoms with van der Waals surface area (Å²) in [5.74, 6) is -4.22. The molecule has 190 valence electrons. The molecule has 0 spiro atoms. The smallest absolute Gasteiger partial charge is 0.416 e. The second-order valence-corrected chi connectivity index (χ2v) is 9.92. The van der Waals surface area contributed by atoms with Crippen molar-refractivity contribution >= 4 is 44.1 Å². The fourth-order valence-electron chi connectivity index (χ4n) is 4.78. The first-order valence-corrected chi connectivity index (χ1v) is 12.3. The molecule has 1 heterocycles. The maximum atomic E-state index is 16.0. The molecule has 1 aliphatic rings. The summed E-state index contributed by atoms with van der Waals surface area (Å²) >= 11 is 1.05. The molecular formula is C27H20F4N2O3S. The van der Waals surface area contributed by atoms with E-state index in [2.05, 4.69) is 10.3 Å². The number of hydrogen-bond donors (Lipinski definition) is 2. The Morgan fingerprint density at radius 2 is 1.73 bits per heavy atom. The standard InChI is InChI=1S/C27H20F4N2O3S/c28-22-19(24(34)17-7-4-8-18(17)25(35)36)11-10-16(14-5-2-1-3-6-14)23(22)33-26-32-20-13-15(27(29,30)31)9-12-21(20)37-26/h1-3,5-6,9-13,17-18H,4,7-8H2,(H,32,33)(H,35,36)/t17-,18-/m1/s1. The monoisotopic (exact) mass is 528 g/mol. The van der Waals surface area contributed by atoms with Crippen LogP contribution in [-0.4, -0.2) is 21.8 Å². The topological polar surface area (TPSA) is 79.3 Å². The van der Waals surface area contributed by atoms with Crippen LogP contribution in [0, 0.1) is 17.7 Å². The zero-order valence-corrected chi connectivity index (χ0v) is 20.0. The van der Waals surface area contributed by atoms with E-state index in [1.165, 1.54) is 12.1 Å². The lowest BCUT2D eigenvalue weighted by atomic mass is 9.87. The van der Waals surface area contributed by atoms with E-state index in [4.69, 9.17) is 0 Å². The van der Waals surface area contributed by atoms with E-state index in [-0.39, 0.29) is 21.9 Å². The number of carboxylic acid groups (broad SMARTS) is 1. The number of alkyl halides is 3. The number of nitrogens with zero attached hydrogens (tertiary/aromatic N) is 1. The molecule has 1 saturated carbocycles. The maximum absolute atomic E-state index is 16.0. The van der Waals surface area contributed by atoms with Gasteiger partial charge in [0.2, 0.25) is 0 Å². The number of halogens is 4. The van der Waals surface area contributed by atoms with Gasteiger partial charge < -0.3 is 10.4 Å². The van der Waals surface area contributed by atoms with E-state index in [1.54, 1.807) is 36.4 Å². The van der Waals surface area contributed by atoms with Gasteiger partial charge in [0.1, 0.15) is 0 Å². The molecular weight excluding hydrogens is 508 g/mol. The molecule has 0 radical (unpaired) electrons. The highest BCUT2D eigenvalue weighted by Gasteiger charge is 2.39. The summed E-state index contributed by atoms with van der Waals surface area (Å²) < 4.78 is 55.9. The predicted octanol–water partition coefficient (Wildman–Crippen LogP) is 7.55. The number of aromatic nitrogens is 1. The Morgan fingerprint density at radius 1 is 1.00 bits per heavy atom. The number of rotatable bonds is 6. The number of ketones is 1. The van der Waals surface area contributed by atoms with Crippen LogP contribution in [0.5, 0.6) is 0 Å². The van der Waals surface area contributed by atoms with Gasteiger partial charge in [0.15, 0.2) is 16.7 Å². The first-order chi connectivity index (χ1) is 17.6. The number of benzene rings is 3. The normalized spacial score (nSPS) is 17.7. The van der Waals surface area contributed by atoms with Crippen molar-refractivity contribution in [3.8, 4) is 11.1 Å². The van der Waals surface area contributed by atoms with Gasteiger partial charge in [0.25, 0.3) is 0 Å². The average Bonchev–Trinajstić information content (AvgIpc) is 3.51. The van der Waals surface area contributed by atoms with Crippen LogP contribution in [0.1, 0.15) is 35.2 Å². The van der Waals surface area contributed by atoms with Gasteiger partial charge in [0.05, 0.1) is 32.9 Å². The lowest BCUT2D eigenvalue weighted by molar-refractivity contribution is -0.142. The van der Waals surface area contributed by atoms with Crippen LogP contribution in [0.4, 0.5) is 28.4 Å². The minimum absolute atomic E-state index is 0.0583. The number of aliphatic carboxylic acids is 1. The Kier molecular flexibility index (Phi) is 6.45. The largest absolute Gasteiger partial charge is 0.481 e. The molecule has 37 heavy (non-hydrogen) atoms. The molecule has 0 amide bonds. The predicted molar refractivity (Wildman–Crippen MR) is 133 cm³/mol. The molecule has 5 nitrogen and oxygen atoms in total. The minimum Gasteiger partial charge on any atom is -0.481 e. The van der Waals surface area contributed by atoms with E-state index in [1.807, 2.05) is 0 Å². The van der Waals surface area contributed by atoms with Gasteiger partial charge in [-0.05, 0) is 42.7 Å². The number of hydrogen-bond acceptors (Lipinski definition) is 5. The van der Waals surface area contributed by atoms with Crippen molar-refractivity contribution in [2.45, 2.75) is 25.4 Å². The van der Waals surface area contributed by atoms with Crippen molar-refractivity contribution in [1.29, 1.82) is 0 Å². The Hall–Kier alpha value is -3.79. The van der Waals surface area contributed by atoms with E-state index in [9.17, 15) is 27.9 Å². The molecule has 0 aliphatic heterocycles. The third-order valence-electron chi connectivity index (χ3n) is 6.61. The Balaban J connectivity index is 1.58. The maximum Gasteiger partial charge on any atom is 0.416 e. The molecule has 10 heteroatoms. The van der Waals surface area contributed by atoms with Crippen LogP contribution >= 0.6 is 11.3 Å². The third-order valence-corrected chi connectivity index (χ3v) is 7.56. The van der Waals surface area contributed by atoms with Crippen molar-refractivity contribution in [3.63, 3.8) is 0 Å². The lowest BCUT2D eigenvalue weighted by Crippen LogP contribution is -2.26. The van der Waals surface area contributed by atoms with E-state index in [0.29, 0.717) is 35.1 Å².